The number of para-hydroxylation sites is 1. The molecule has 0 aliphatic carbocycles. The van der Waals surface area contributed by atoms with Crippen molar-refractivity contribution in [2.24, 2.45) is 0 Å². The van der Waals surface area contributed by atoms with E-state index in [1.165, 1.54) is 6.07 Å². The molecule has 0 atom stereocenters. The van der Waals surface area contributed by atoms with Gasteiger partial charge in [0, 0.05) is 31.1 Å². The molecular formula is C10H11NO4. The van der Waals surface area contributed by atoms with E-state index in [1.807, 2.05) is 0 Å². The molecule has 1 rings (SSSR count). The first-order valence-electron chi connectivity index (χ1n) is 4.50. The average molecular weight is 209 g/mol. The molecule has 0 saturated heterocycles. The minimum atomic E-state index is -0.512. The Bertz CT molecular complexity index is 375. The van der Waals surface area contributed by atoms with Gasteiger partial charge in [0.2, 0.25) is 0 Å². The highest BCUT2D eigenvalue weighted by Crippen LogP contribution is 2.18. The van der Waals surface area contributed by atoms with E-state index in [-0.39, 0.29) is 30.9 Å². The number of hydrogen-bond acceptors (Lipinski definition) is 4. The first-order valence-corrected chi connectivity index (χ1v) is 4.50. The summed E-state index contributed by atoms with van der Waals surface area (Å²) in [4.78, 5) is 21.3. The molecule has 5 nitrogen and oxygen atoms in total. The number of aliphatic hydroxyl groups is 1. The Hall–Kier alpha value is -1.75. The number of nitro groups is 1. The maximum absolute atomic E-state index is 11.2. The van der Waals surface area contributed by atoms with Crippen LogP contribution in [0.4, 0.5) is 5.69 Å². The zero-order valence-electron chi connectivity index (χ0n) is 8.05. The molecule has 0 fully saturated rings. The number of rotatable bonds is 5. The highest BCUT2D eigenvalue weighted by Gasteiger charge is 2.14. The van der Waals surface area contributed by atoms with Crippen LogP contribution in [-0.4, -0.2) is 22.4 Å². The van der Waals surface area contributed by atoms with Crippen molar-refractivity contribution in [3.05, 3.63) is 39.9 Å². The Labute approximate surface area is 86.5 Å². The topological polar surface area (TPSA) is 80.4 Å². The SMILES string of the molecule is O=C(CCO)Cc1ccccc1[N+](=O)[O-]. The third-order valence-corrected chi connectivity index (χ3v) is 1.97. The lowest BCUT2D eigenvalue weighted by Crippen LogP contribution is -2.06. The average Bonchev–Trinajstić information content (AvgIpc) is 2.18. The predicted octanol–water partition coefficient (Wildman–Crippen LogP) is 1.09. The molecule has 80 valence electrons. The van der Waals surface area contributed by atoms with Crippen LogP contribution >= 0.6 is 0 Å². The molecule has 5 heteroatoms. The Kier molecular flexibility index (Phi) is 3.93. The van der Waals surface area contributed by atoms with Crippen LogP contribution in [0.15, 0.2) is 24.3 Å². The number of carbonyl (C=O) groups excluding carboxylic acids is 1. The quantitative estimate of drug-likeness (QED) is 0.581. The Morgan fingerprint density at radius 1 is 1.40 bits per heavy atom. The standard InChI is InChI=1S/C10H11NO4/c12-6-5-9(13)7-8-3-1-2-4-10(8)11(14)15/h1-4,12H,5-7H2. The summed E-state index contributed by atoms with van der Waals surface area (Å²) in [7, 11) is 0. The molecule has 0 aliphatic heterocycles. The van der Waals surface area contributed by atoms with Gasteiger partial charge in [0.05, 0.1) is 4.92 Å². The Morgan fingerprint density at radius 3 is 2.67 bits per heavy atom. The number of benzene rings is 1. The molecule has 15 heavy (non-hydrogen) atoms. The van der Waals surface area contributed by atoms with E-state index in [1.54, 1.807) is 18.2 Å². The van der Waals surface area contributed by atoms with Crippen LogP contribution in [0, 0.1) is 10.1 Å². The minimum Gasteiger partial charge on any atom is -0.396 e. The van der Waals surface area contributed by atoms with Gasteiger partial charge in [0.1, 0.15) is 5.78 Å². The van der Waals surface area contributed by atoms with Crippen molar-refractivity contribution >= 4 is 11.5 Å². The van der Waals surface area contributed by atoms with Gasteiger partial charge < -0.3 is 5.11 Å². The fourth-order valence-electron chi connectivity index (χ4n) is 1.26. The van der Waals surface area contributed by atoms with Crippen molar-refractivity contribution in [3.63, 3.8) is 0 Å². The normalized spacial score (nSPS) is 9.93. The number of nitro benzene ring substituents is 1. The summed E-state index contributed by atoms with van der Waals surface area (Å²) in [6, 6.07) is 6.11. The molecule has 0 heterocycles. The van der Waals surface area contributed by atoms with Crippen LogP contribution < -0.4 is 0 Å². The third kappa shape index (κ3) is 3.14. The van der Waals surface area contributed by atoms with Crippen molar-refractivity contribution in [2.45, 2.75) is 12.8 Å². The van der Waals surface area contributed by atoms with Crippen molar-refractivity contribution in [2.75, 3.05) is 6.61 Å². The third-order valence-electron chi connectivity index (χ3n) is 1.97. The lowest BCUT2D eigenvalue weighted by molar-refractivity contribution is -0.385. The van der Waals surface area contributed by atoms with Crippen LogP contribution in [0.2, 0.25) is 0 Å². The molecule has 0 aromatic heterocycles. The molecule has 1 aromatic carbocycles. The van der Waals surface area contributed by atoms with E-state index >= 15 is 0 Å². The van der Waals surface area contributed by atoms with E-state index in [4.69, 9.17) is 5.11 Å². The summed E-state index contributed by atoms with van der Waals surface area (Å²) in [5.74, 6) is -0.202. The molecule has 0 spiro atoms. The van der Waals surface area contributed by atoms with Crippen molar-refractivity contribution < 1.29 is 14.8 Å². The summed E-state index contributed by atoms with van der Waals surface area (Å²) < 4.78 is 0. The van der Waals surface area contributed by atoms with Gasteiger partial charge in [-0.3, -0.25) is 14.9 Å². The van der Waals surface area contributed by atoms with Crippen LogP contribution in [0.25, 0.3) is 0 Å². The van der Waals surface area contributed by atoms with Gasteiger partial charge in [-0.1, -0.05) is 18.2 Å². The summed E-state index contributed by atoms with van der Waals surface area (Å²) in [6.07, 6.45) is 0.0315. The molecule has 0 radical (unpaired) electrons. The predicted molar refractivity (Wildman–Crippen MR) is 53.5 cm³/mol. The molecule has 1 aromatic rings. The minimum absolute atomic E-state index is 0.00227. The van der Waals surface area contributed by atoms with E-state index in [0.717, 1.165) is 0 Å². The maximum Gasteiger partial charge on any atom is 0.273 e. The molecular weight excluding hydrogens is 198 g/mol. The molecule has 0 saturated carbocycles. The largest absolute Gasteiger partial charge is 0.396 e. The van der Waals surface area contributed by atoms with Gasteiger partial charge in [-0.25, -0.2) is 0 Å². The maximum atomic E-state index is 11.2. The number of nitrogens with zero attached hydrogens (tertiary/aromatic N) is 1. The van der Waals surface area contributed by atoms with Crippen LogP contribution in [0.5, 0.6) is 0 Å². The van der Waals surface area contributed by atoms with Crippen molar-refractivity contribution in [1.82, 2.24) is 0 Å². The molecule has 1 N–H and O–H groups in total. The van der Waals surface area contributed by atoms with Gasteiger partial charge in [-0.2, -0.15) is 0 Å². The zero-order valence-corrected chi connectivity index (χ0v) is 8.05. The highest BCUT2D eigenvalue weighted by atomic mass is 16.6. The number of hydrogen-bond donors (Lipinski definition) is 1. The Balaban J connectivity index is 2.84. The fraction of sp³-hybridized carbons (Fsp3) is 0.300. The second-order valence-electron chi connectivity index (χ2n) is 3.07. The number of carbonyl (C=O) groups is 1. The van der Waals surface area contributed by atoms with Gasteiger partial charge in [0.15, 0.2) is 0 Å². The first kappa shape index (κ1) is 11.3. The lowest BCUT2D eigenvalue weighted by Gasteiger charge is -2.00. The van der Waals surface area contributed by atoms with Crippen LogP contribution in [-0.2, 0) is 11.2 Å². The second kappa shape index (κ2) is 5.21. The highest BCUT2D eigenvalue weighted by molar-refractivity contribution is 5.81. The summed E-state index contributed by atoms with van der Waals surface area (Å²) in [6.45, 7) is -0.223. The smallest absolute Gasteiger partial charge is 0.273 e. The number of ketones is 1. The summed E-state index contributed by atoms with van der Waals surface area (Å²) in [5, 5.41) is 19.1. The van der Waals surface area contributed by atoms with E-state index in [2.05, 4.69) is 0 Å². The monoisotopic (exact) mass is 209 g/mol. The summed E-state index contributed by atoms with van der Waals surface area (Å²) in [5.41, 5.74) is 0.338. The zero-order chi connectivity index (χ0) is 11.3. The van der Waals surface area contributed by atoms with Gasteiger partial charge >= 0.3 is 0 Å². The van der Waals surface area contributed by atoms with Crippen LogP contribution in [0.3, 0.4) is 0 Å². The fourth-order valence-corrected chi connectivity index (χ4v) is 1.26. The first-order chi connectivity index (χ1) is 7.15. The lowest BCUT2D eigenvalue weighted by atomic mass is 10.1. The number of Topliss-reactive ketones (excluding diaryl/α,β-unsaturated/α-hetero) is 1. The van der Waals surface area contributed by atoms with Gasteiger partial charge in [0.25, 0.3) is 5.69 Å². The van der Waals surface area contributed by atoms with E-state index in [0.29, 0.717) is 5.56 Å². The van der Waals surface area contributed by atoms with Crippen LogP contribution in [0.1, 0.15) is 12.0 Å². The second-order valence-corrected chi connectivity index (χ2v) is 3.07. The number of aliphatic hydroxyl groups excluding tert-OH is 1. The molecule has 0 aliphatic rings. The van der Waals surface area contributed by atoms with Crippen molar-refractivity contribution in [1.29, 1.82) is 0 Å². The molecule has 0 amide bonds. The molecule has 0 unspecified atom stereocenters. The van der Waals surface area contributed by atoms with Crippen molar-refractivity contribution in [3.8, 4) is 0 Å². The van der Waals surface area contributed by atoms with E-state index < -0.39 is 4.92 Å². The Morgan fingerprint density at radius 2 is 2.07 bits per heavy atom. The van der Waals surface area contributed by atoms with E-state index in [9.17, 15) is 14.9 Å². The van der Waals surface area contributed by atoms with Gasteiger partial charge in [-0.15, -0.1) is 0 Å². The van der Waals surface area contributed by atoms with Gasteiger partial charge in [-0.05, 0) is 0 Å². The summed E-state index contributed by atoms with van der Waals surface area (Å²) >= 11 is 0. The molecule has 0 bridgehead atoms.